The Morgan fingerprint density at radius 1 is 1.79 bits per heavy atom. The van der Waals surface area contributed by atoms with Gasteiger partial charge in [-0.2, -0.15) is 5.10 Å². The number of ether oxygens (including phenoxy) is 1. The molecule has 1 aliphatic rings. The van der Waals surface area contributed by atoms with Gasteiger partial charge in [0, 0.05) is 19.2 Å². The van der Waals surface area contributed by atoms with Gasteiger partial charge in [0.15, 0.2) is 0 Å². The average Bonchev–Trinajstić information content (AvgIpc) is 2.68. The maximum atomic E-state index is 11.3. The van der Waals surface area contributed by atoms with E-state index >= 15 is 0 Å². The zero-order chi connectivity index (χ0) is 9.42. The Balaban J connectivity index is 0.000000980. The fourth-order valence-corrected chi connectivity index (χ4v) is 1.57. The Kier molecular flexibility index (Phi) is 3.13. The van der Waals surface area contributed by atoms with Gasteiger partial charge in [-0.15, -0.1) is 12.4 Å². The summed E-state index contributed by atoms with van der Waals surface area (Å²) in [5.74, 6) is -0.258. The Labute approximate surface area is 87.8 Å². The molecule has 0 saturated carbocycles. The van der Waals surface area contributed by atoms with Crippen molar-refractivity contribution in [3.05, 3.63) is 17.5 Å². The molecule has 0 fully saturated rings. The first-order chi connectivity index (χ1) is 6.24. The third kappa shape index (κ3) is 1.49. The van der Waals surface area contributed by atoms with E-state index in [1.54, 1.807) is 10.9 Å². The molecule has 1 atom stereocenters. The summed E-state index contributed by atoms with van der Waals surface area (Å²) in [5.41, 5.74) is 1.98. The zero-order valence-corrected chi connectivity index (χ0v) is 8.80. The third-order valence-electron chi connectivity index (χ3n) is 2.32. The molecule has 1 N–H and O–H groups in total. The van der Waals surface area contributed by atoms with Gasteiger partial charge in [0.05, 0.1) is 19.0 Å². The van der Waals surface area contributed by atoms with Gasteiger partial charge in [0.25, 0.3) is 0 Å². The first kappa shape index (κ1) is 11.0. The van der Waals surface area contributed by atoms with E-state index in [2.05, 4.69) is 15.2 Å². The summed E-state index contributed by atoms with van der Waals surface area (Å²) in [6.07, 6.45) is 1.71. The van der Waals surface area contributed by atoms with Gasteiger partial charge in [-0.05, 0) is 0 Å². The molecular weight excluding hydrogens is 206 g/mol. The van der Waals surface area contributed by atoms with Crippen LogP contribution < -0.4 is 5.32 Å². The highest BCUT2D eigenvalue weighted by Gasteiger charge is 2.31. The lowest BCUT2D eigenvalue weighted by Gasteiger charge is -2.06. The van der Waals surface area contributed by atoms with Crippen molar-refractivity contribution < 1.29 is 9.53 Å². The summed E-state index contributed by atoms with van der Waals surface area (Å²) in [7, 11) is 3.25. The lowest BCUT2D eigenvalue weighted by Crippen LogP contribution is -2.23. The van der Waals surface area contributed by atoms with Gasteiger partial charge in [0.2, 0.25) is 0 Å². The van der Waals surface area contributed by atoms with Crippen LogP contribution in [0.2, 0.25) is 0 Å². The number of fused-ring (bicyclic) bond motifs is 1. The van der Waals surface area contributed by atoms with Crippen molar-refractivity contribution in [3.8, 4) is 0 Å². The van der Waals surface area contributed by atoms with Crippen molar-refractivity contribution in [2.75, 3.05) is 7.11 Å². The quantitative estimate of drug-likeness (QED) is 0.681. The second-order valence-electron chi connectivity index (χ2n) is 3.01. The van der Waals surface area contributed by atoms with Crippen molar-refractivity contribution in [2.24, 2.45) is 7.05 Å². The lowest BCUT2D eigenvalue weighted by molar-refractivity contribution is -0.143. The molecule has 0 bridgehead atoms. The first-order valence-corrected chi connectivity index (χ1v) is 4.06. The number of aryl methyl sites for hydroxylation is 1. The Morgan fingerprint density at radius 3 is 3.14 bits per heavy atom. The maximum absolute atomic E-state index is 11.3. The van der Waals surface area contributed by atoms with Crippen molar-refractivity contribution in [1.29, 1.82) is 0 Å². The number of carbonyl (C=O) groups is 1. The van der Waals surface area contributed by atoms with E-state index in [4.69, 9.17) is 0 Å². The molecule has 5 nitrogen and oxygen atoms in total. The molecule has 6 heteroatoms. The van der Waals surface area contributed by atoms with Crippen LogP contribution in [0.5, 0.6) is 0 Å². The summed E-state index contributed by atoms with van der Waals surface area (Å²) in [5, 5.41) is 7.13. The van der Waals surface area contributed by atoms with Crippen molar-refractivity contribution in [3.63, 3.8) is 0 Å². The average molecular weight is 218 g/mol. The largest absolute Gasteiger partial charge is 0.468 e. The van der Waals surface area contributed by atoms with E-state index < -0.39 is 0 Å². The highest BCUT2D eigenvalue weighted by atomic mass is 35.5. The molecular formula is C8H12ClN3O2. The van der Waals surface area contributed by atoms with Gasteiger partial charge in [-0.25, -0.2) is 4.79 Å². The van der Waals surface area contributed by atoms with Crippen molar-refractivity contribution >= 4 is 18.4 Å². The van der Waals surface area contributed by atoms with Crippen LogP contribution >= 0.6 is 12.4 Å². The van der Waals surface area contributed by atoms with Gasteiger partial charge in [0.1, 0.15) is 6.04 Å². The number of nitrogens with zero attached hydrogens (tertiary/aromatic N) is 2. The molecule has 1 aromatic rings. The molecule has 1 aliphatic heterocycles. The number of esters is 1. The number of aromatic nitrogens is 2. The van der Waals surface area contributed by atoms with Gasteiger partial charge >= 0.3 is 5.97 Å². The SMILES string of the molecule is COC(=O)C1NCc2c1cnn2C.Cl. The minimum absolute atomic E-state index is 0. The molecule has 2 heterocycles. The monoisotopic (exact) mass is 217 g/mol. The number of hydrogen-bond acceptors (Lipinski definition) is 4. The Bertz CT molecular complexity index is 350. The lowest BCUT2D eigenvalue weighted by atomic mass is 10.2. The van der Waals surface area contributed by atoms with Crippen LogP contribution in [0.25, 0.3) is 0 Å². The van der Waals surface area contributed by atoms with Crippen molar-refractivity contribution in [2.45, 2.75) is 12.6 Å². The molecule has 0 amide bonds. The van der Waals surface area contributed by atoms with Crippen LogP contribution in [-0.2, 0) is 23.1 Å². The molecule has 1 unspecified atom stereocenters. The van der Waals surface area contributed by atoms with E-state index in [1.807, 2.05) is 7.05 Å². The molecule has 2 rings (SSSR count). The first-order valence-electron chi connectivity index (χ1n) is 4.06. The fraction of sp³-hybridized carbons (Fsp3) is 0.500. The summed E-state index contributed by atoms with van der Waals surface area (Å²) >= 11 is 0. The maximum Gasteiger partial charge on any atom is 0.327 e. The summed E-state index contributed by atoms with van der Waals surface area (Å²) < 4.78 is 6.43. The third-order valence-corrected chi connectivity index (χ3v) is 2.32. The van der Waals surface area contributed by atoms with Crippen LogP contribution in [0.15, 0.2) is 6.20 Å². The normalized spacial score (nSPS) is 18.6. The summed E-state index contributed by atoms with van der Waals surface area (Å²) in [6.45, 7) is 0.672. The van der Waals surface area contributed by atoms with Crippen LogP contribution in [-0.4, -0.2) is 22.9 Å². The molecule has 1 aromatic heterocycles. The van der Waals surface area contributed by atoms with Crippen LogP contribution in [0.1, 0.15) is 17.3 Å². The minimum Gasteiger partial charge on any atom is -0.468 e. The zero-order valence-electron chi connectivity index (χ0n) is 7.98. The van der Waals surface area contributed by atoms with E-state index in [1.165, 1.54) is 7.11 Å². The molecule has 14 heavy (non-hydrogen) atoms. The van der Waals surface area contributed by atoms with E-state index in [0.29, 0.717) is 6.54 Å². The fourth-order valence-electron chi connectivity index (χ4n) is 1.57. The highest BCUT2D eigenvalue weighted by Crippen LogP contribution is 2.24. The molecule has 0 aromatic carbocycles. The molecule has 0 aliphatic carbocycles. The molecule has 78 valence electrons. The number of halogens is 1. The number of nitrogens with one attached hydrogen (secondary N) is 1. The number of hydrogen-bond donors (Lipinski definition) is 1. The van der Waals surface area contributed by atoms with E-state index in [0.717, 1.165) is 11.3 Å². The standard InChI is InChI=1S/C8H11N3O2.ClH/c1-11-6-4-9-7(8(12)13-2)5(6)3-10-11;/h3,7,9H,4H2,1-2H3;1H. The second kappa shape index (κ2) is 3.98. The smallest absolute Gasteiger partial charge is 0.327 e. The number of methoxy groups -OCH3 is 1. The highest BCUT2D eigenvalue weighted by molar-refractivity contribution is 5.85. The number of rotatable bonds is 1. The summed E-state index contributed by atoms with van der Waals surface area (Å²) in [6, 6.07) is -0.339. The topological polar surface area (TPSA) is 56.1 Å². The molecule has 0 spiro atoms. The predicted molar refractivity (Wildman–Crippen MR) is 52.1 cm³/mol. The predicted octanol–water partition coefficient (Wildman–Crippen LogP) is 0.159. The van der Waals surface area contributed by atoms with Crippen molar-refractivity contribution in [1.82, 2.24) is 15.1 Å². The number of carbonyl (C=O) groups excluding carboxylic acids is 1. The second-order valence-corrected chi connectivity index (χ2v) is 3.01. The van der Waals surface area contributed by atoms with Crippen LogP contribution in [0, 0.1) is 0 Å². The van der Waals surface area contributed by atoms with Gasteiger partial charge < -0.3 is 4.74 Å². The van der Waals surface area contributed by atoms with Gasteiger partial charge in [-0.1, -0.05) is 0 Å². The van der Waals surface area contributed by atoms with Crippen LogP contribution in [0.4, 0.5) is 0 Å². The minimum atomic E-state index is -0.339. The summed E-state index contributed by atoms with van der Waals surface area (Å²) in [4.78, 5) is 11.3. The van der Waals surface area contributed by atoms with Crippen LogP contribution in [0.3, 0.4) is 0 Å². The Morgan fingerprint density at radius 2 is 2.50 bits per heavy atom. The molecule has 0 saturated heterocycles. The van der Waals surface area contributed by atoms with E-state index in [9.17, 15) is 4.79 Å². The van der Waals surface area contributed by atoms with Gasteiger partial charge in [-0.3, -0.25) is 10.00 Å². The Hall–Kier alpha value is -1.07. The molecule has 0 radical (unpaired) electrons. The van der Waals surface area contributed by atoms with E-state index in [-0.39, 0.29) is 24.4 Å².